The Morgan fingerprint density at radius 3 is 2.51 bits per heavy atom. The number of ketones is 1. The topological polar surface area (TPSA) is 87.2 Å². The van der Waals surface area contributed by atoms with Crippen molar-refractivity contribution < 1.29 is 14.4 Å². The molecule has 35 heavy (non-hydrogen) atoms. The highest BCUT2D eigenvalue weighted by atomic mass is 32.2. The van der Waals surface area contributed by atoms with E-state index in [0.717, 1.165) is 53.7 Å². The van der Waals surface area contributed by atoms with E-state index in [1.54, 1.807) is 22.5 Å². The van der Waals surface area contributed by atoms with Crippen LogP contribution in [0.15, 0.2) is 65.8 Å². The van der Waals surface area contributed by atoms with Gasteiger partial charge in [0.25, 0.3) is 11.7 Å². The van der Waals surface area contributed by atoms with Crippen molar-refractivity contribution in [2.45, 2.75) is 30.7 Å². The molecule has 0 atom stereocenters. The van der Waals surface area contributed by atoms with Crippen LogP contribution >= 0.6 is 11.8 Å². The maximum absolute atomic E-state index is 13.0. The molecular formula is C27H28N4O3S. The van der Waals surface area contributed by atoms with E-state index in [9.17, 15) is 14.4 Å². The molecule has 0 saturated carbocycles. The molecule has 1 aliphatic rings. The van der Waals surface area contributed by atoms with E-state index in [2.05, 4.69) is 16.4 Å². The van der Waals surface area contributed by atoms with Crippen molar-refractivity contribution in [1.82, 2.24) is 19.8 Å². The number of piperidine rings is 1. The number of nitrogens with one attached hydrogen (secondary N) is 2. The maximum Gasteiger partial charge on any atom is 0.292 e. The Hall–Kier alpha value is -3.52. The molecule has 2 aromatic heterocycles. The van der Waals surface area contributed by atoms with Gasteiger partial charge in [0.15, 0.2) is 0 Å². The van der Waals surface area contributed by atoms with Crippen molar-refractivity contribution in [2.24, 2.45) is 0 Å². The summed E-state index contributed by atoms with van der Waals surface area (Å²) in [6, 6.07) is 15.5. The summed E-state index contributed by atoms with van der Waals surface area (Å²) in [4.78, 5) is 44.8. The number of rotatable bonds is 8. The van der Waals surface area contributed by atoms with Gasteiger partial charge in [-0.2, -0.15) is 0 Å². The lowest BCUT2D eigenvalue weighted by Gasteiger charge is -2.27. The second-order valence-electron chi connectivity index (χ2n) is 8.76. The number of carbonyl (C=O) groups excluding carboxylic acids is 3. The van der Waals surface area contributed by atoms with Crippen LogP contribution in [0, 0.1) is 0 Å². The van der Waals surface area contributed by atoms with Crippen LogP contribution in [0.3, 0.4) is 0 Å². The van der Waals surface area contributed by atoms with Crippen LogP contribution < -0.4 is 5.32 Å². The van der Waals surface area contributed by atoms with E-state index in [-0.39, 0.29) is 12.5 Å². The number of carbonyl (C=O) groups is 3. The minimum absolute atomic E-state index is 0.0446. The SMILES string of the molecule is O=C(NCCSc1c[nH]c2ccccc12)C(=O)c1cn(CC(=O)N2CCCCC2)c2ccccc12. The Morgan fingerprint density at radius 2 is 1.69 bits per heavy atom. The molecule has 5 rings (SSSR count). The van der Waals surface area contributed by atoms with Crippen LogP contribution in [0.5, 0.6) is 0 Å². The van der Waals surface area contributed by atoms with E-state index in [1.165, 1.54) is 0 Å². The average molecular weight is 489 g/mol. The van der Waals surface area contributed by atoms with Gasteiger partial charge in [-0.25, -0.2) is 0 Å². The fourth-order valence-electron chi connectivity index (χ4n) is 4.64. The number of H-pyrrole nitrogens is 1. The molecule has 3 heterocycles. The maximum atomic E-state index is 13.0. The van der Waals surface area contributed by atoms with Gasteiger partial charge in [-0.15, -0.1) is 11.8 Å². The van der Waals surface area contributed by atoms with Gasteiger partial charge in [-0.1, -0.05) is 36.4 Å². The summed E-state index contributed by atoms with van der Waals surface area (Å²) in [7, 11) is 0. The smallest absolute Gasteiger partial charge is 0.292 e. The van der Waals surface area contributed by atoms with E-state index in [0.29, 0.717) is 23.2 Å². The van der Waals surface area contributed by atoms with Gasteiger partial charge >= 0.3 is 0 Å². The minimum atomic E-state index is -0.630. The van der Waals surface area contributed by atoms with Crippen molar-refractivity contribution in [2.75, 3.05) is 25.4 Å². The van der Waals surface area contributed by atoms with Crippen LogP contribution in [0.1, 0.15) is 29.6 Å². The first-order chi connectivity index (χ1) is 17.1. The van der Waals surface area contributed by atoms with Crippen molar-refractivity contribution in [3.8, 4) is 0 Å². The van der Waals surface area contributed by atoms with Crippen LogP contribution in [0.2, 0.25) is 0 Å². The summed E-state index contributed by atoms with van der Waals surface area (Å²) in [5.74, 6) is -0.520. The van der Waals surface area contributed by atoms with E-state index in [1.807, 2.05) is 53.6 Å². The zero-order valence-corrected chi connectivity index (χ0v) is 20.3. The number of thioether (sulfide) groups is 1. The Morgan fingerprint density at radius 1 is 0.943 bits per heavy atom. The van der Waals surface area contributed by atoms with Crippen molar-refractivity contribution in [3.05, 3.63) is 66.5 Å². The lowest BCUT2D eigenvalue weighted by molar-refractivity contribution is -0.132. The molecule has 7 nitrogen and oxygen atoms in total. The number of aromatic amines is 1. The fraction of sp³-hybridized carbons (Fsp3) is 0.296. The van der Waals surface area contributed by atoms with E-state index >= 15 is 0 Å². The molecule has 180 valence electrons. The van der Waals surface area contributed by atoms with Gasteiger partial charge < -0.3 is 19.8 Å². The molecule has 2 N–H and O–H groups in total. The zero-order valence-electron chi connectivity index (χ0n) is 19.5. The molecule has 8 heteroatoms. The van der Waals surface area contributed by atoms with Crippen LogP contribution in [0.25, 0.3) is 21.8 Å². The Balaban J connectivity index is 1.23. The highest BCUT2D eigenvalue weighted by Crippen LogP contribution is 2.27. The number of Topliss-reactive ketones (excluding diaryl/α,β-unsaturated/α-hetero) is 1. The number of para-hydroxylation sites is 2. The van der Waals surface area contributed by atoms with Crippen LogP contribution in [0.4, 0.5) is 0 Å². The molecule has 1 saturated heterocycles. The third kappa shape index (κ3) is 4.98. The van der Waals surface area contributed by atoms with Crippen molar-refractivity contribution in [3.63, 3.8) is 0 Å². The molecule has 1 aliphatic heterocycles. The summed E-state index contributed by atoms with van der Waals surface area (Å²) < 4.78 is 1.79. The van der Waals surface area contributed by atoms with Crippen molar-refractivity contribution >= 4 is 51.2 Å². The van der Waals surface area contributed by atoms with Crippen LogP contribution in [-0.4, -0.2) is 57.4 Å². The van der Waals surface area contributed by atoms with Gasteiger partial charge in [0, 0.05) is 64.5 Å². The average Bonchev–Trinajstić information content (AvgIpc) is 3.48. The Bertz CT molecular complexity index is 1380. The number of hydrogen-bond donors (Lipinski definition) is 2. The highest BCUT2D eigenvalue weighted by molar-refractivity contribution is 7.99. The molecule has 0 spiro atoms. The van der Waals surface area contributed by atoms with Gasteiger partial charge in [-0.05, 0) is 31.4 Å². The molecule has 1 fully saturated rings. The predicted octanol–water partition coefficient (Wildman–Crippen LogP) is 4.23. The zero-order chi connectivity index (χ0) is 24.2. The summed E-state index contributed by atoms with van der Waals surface area (Å²) in [5, 5.41) is 4.59. The number of nitrogens with zero attached hydrogens (tertiary/aromatic N) is 2. The second kappa shape index (κ2) is 10.4. The monoisotopic (exact) mass is 488 g/mol. The highest BCUT2D eigenvalue weighted by Gasteiger charge is 2.23. The second-order valence-corrected chi connectivity index (χ2v) is 9.90. The molecule has 0 unspecified atom stereocenters. The third-order valence-corrected chi connectivity index (χ3v) is 7.51. The molecule has 4 aromatic rings. The van der Waals surface area contributed by atoms with Gasteiger partial charge in [0.05, 0.1) is 5.56 Å². The lowest BCUT2D eigenvalue weighted by atomic mass is 10.1. The first-order valence-electron chi connectivity index (χ1n) is 12.0. The standard InChI is InChI=1S/C27H28N4O3S/c32-25(30-13-6-1-7-14-30)18-31-17-21(19-8-3-5-11-23(19)31)26(33)27(34)28-12-15-35-24-16-29-22-10-4-2-9-20(22)24/h2-5,8-11,16-17,29H,1,6-7,12-15,18H2,(H,28,34). The summed E-state index contributed by atoms with van der Waals surface area (Å²) in [6.07, 6.45) is 6.82. The summed E-state index contributed by atoms with van der Waals surface area (Å²) in [5.41, 5.74) is 2.18. The number of hydrogen-bond acceptors (Lipinski definition) is 4. The number of fused-ring (bicyclic) bond motifs is 2. The van der Waals surface area contributed by atoms with E-state index < -0.39 is 11.7 Å². The normalized spacial score (nSPS) is 13.9. The third-order valence-electron chi connectivity index (χ3n) is 6.45. The Kier molecular flexibility index (Phi) is 6.90. The number of aromatic nitrogens is 2. The molecule has 0 bridgehead atoms. The summed E-state index contributed by atoms with van der Waals surface area (Å²) >= 11 is 1.63. The summed E-state index contributed by atoms with van der Waals surface area (Å²) in [6.45, 7) is 2.10. The molecular weight excluding hydrogens is 460 g/mol. The first-order valence-corrected chi connectivity index (χ1v) is 13.0. The van der Waals surface area contributed by atoms with Crippen LogP contribution in [-0.2, 0) is 16.1 Å². The predicted molar refractivity (Wildman–Crippen MR) is 139 cm³/mol. The Labute approximate surface area is 207 Å². The van der Waals surface area contributed by atoms with Gasteiger partial charge in [-0.3, -0.25) is 14.4 Å². The minimum Gasteiger partial charge on any atom is -0.360 e. The molecule has 2 amide bonds. The van der Waals surface area contributed by atoms with Gasteiger partial charge in [0.1, 0.15) is 6.54 Å². The molecule has 0 aliphatic carbocycles. The first kappa shape index (κ1) is 23.2. The fourth-order valence-corrected chi connectivity index (χ4v) is 5.54. The number of amides is 2. The molecule has 2 aromatic carbocycles. The quantitative estimate of drug-likeness (QED) is 0.168. The lowest BCUT2D eigenvalue weighted by Crippen LogP contribution is -2.37. The largest absolute Gasteiger partial charge is 0.360 e. The van der Waals surface area contributed by atoms with Gasteiger partial charge in [0.2, 0.25) is 5.91 Å². The van der Waals surface area contributed by atoms with E-state index in [4.69, 9.17) is 0 Å². The number of likely N-dealkylation sites (tertiary alicyclic amines) is 1. The molecule has 0 radical (unpaired) electrons. The number of benzene rings is 2. The van der Waals surface area contributed by atoms with Crippen molar-refractivity contribution in [1.29, 1.82) is 0 Å².